The zero-order valence-electron chi connectivity index (χ0n) is 21.6. The van der Waals surface area contributed by atoms with Crippen LogP contribution >= 0.6 is 0 Å². The molecule has 0 aliphatic rings. The smallest absolute Gasteiger partial charge is 0.335 e. The first-order chi connectivity index (χ1) is 15.5. The maximum Gasteiger partial charge on any atom is 0.335 e. The van der Waals surface area contributed by atoms with Gasteiger partial charge < -0.3 is 5.11 Å². The molecule has 6 heteroatoms. The van der Waals surface area contributed by atoms with Crippen molar-refractivity contribution in [1.29, 1.82) is 0 Å². The molecule has 0 unspecified atom stereocenters. The van der Waals surface area contributed by atoms with Crippen molar-refractivity contribution in [3.63, 3.8) is 0 Å². The standard InChI is InChI=1S/C10H12O2.C9H12O3S.C9H12/c1-6-4-8(3)9(10(11)12)5-7(6)2;1-6-4-8(3)9(5-7(6)2)13(10,11)12;1-7-4-5-8(2)9(3)6-7/h4-5H,1-3H3,(H,11,12);4-5H,1-3H3,(H,10,11,12);4-6H,1-3H3. The maximum atomic E-state index is 10.9. The van der Waals surface area contributed by atoms with Crippen LogP contribution in [0.3, 0.4) is 0 Å². The number of hydrogen-bond donors (Lipinski definition) is 2. The Morgan fingerprint density at radius 2 is 1.03 bits per heavy atom. The monoisotopic (exact) mass is 484 g/mol. The van der Waals surface area contributed by atoms with E-state index < -0.39 is 16.1 Å². The van der Waals surface area contributed by atoms with E-state index in [-0.39, 0.29) is 4.90 Å². The molecule has 3 rings (SSSR count). The van der Waals surface area contributed by atoms with E-state index in [0.717, 1.165) is 27.8 Å². The fraction of sp³-hybridized carbons (Fsp3) is 0.321. The lowest BCUT2D eigenvalue weighted by Gasteiger charge is -2.06. The average Bonchev–Trinajstić information content (AvgIpc) is 2.70. The zero-order chi connectivity index (χ0) is 26.4. The topological polar surface area (TPSA) is 91.7 Å². The summed E-state index contributed by atoms with van der Waals surface area (Å²) < 4.78 is 30.6. The Balaban J connectivity index is 0.000000259. The number of carboxylic acids is 1. The van der Waals surface area contributed by atoms with E-state index in [2.05, 4.69) is 39.0 Å². The average molecular weight is 485 g/mol. The van der Waals surface area contributed by atoms with E-state index in [9.17, 15) is 13.2 Å². The van der Waals surface area contributed by atoms with Gasteiger partial charge >= 0.3 is 5.97 Å². The predicted molar refractivity (Wildman–Crippen MR) is 139 cm³/mol. The number of benzene rings is 3. The minimum Gasteiger partial charge on any atom is -0.478 e. The van der Waals surface area contributed by atoms with Crippen molar-refractivity contribution >= 4 is 16.1 Å². The van der Waals surface area contributed by atoms with E-state index in [4.69, 9.17) is 9.66 Å². The molecule has 184 valence electrons. The molecule has 5 nitrogen and oxygen atoms in total. The summed E-state index contributed by atoms with van der Waals surface area (Å²) in [4.78, 5) is 10.7. The Morgan fingerprint density at radius 3 is 1.47 bits per heavy atom. The molecule has 0 atom stereocenters. The molecule has 0 heterocycles. The van der Waals surface area contributed by atoms with Crippen molar-refractivity contribution < 1.29 is 22.9 Å². The molecule has 0 spiro atoms. The van der Waals surface area contributed by atoms with Crippen LogP contribution in [0.1, 0.15) is 60.4 Å². The van der Waals surface area contributed by atoms with Gasteiger partial charge in [0.05, 0.1) is 10.5 Å². The van der Waals surface area contributed by atoms with Gasteiger partial charge in [0.15, 0.2) is 0 Å². The van der Waals surface area contributed by atoms with Crippen molar-refractivity contribution in [3.05, 3.63) is 98.1 Å². The molecule has 0 radical (unpaired) electrons. The Hall–Kier alpha value is -2.96. The van der Waals surface area contributed by atoms with E-state index in [1.165, 1.54) is 22.8 Å². The van der Waals surface area contributed by atoms with Gasteiger partial charge in [-0.3, -0.25) is 4.55 Å². The van der Waals surface area contributed by atoms with Gasteiger partial charge in [-0.05, 0) is 119 Å². The van der Waals surface area contributed by atoms with Gasteiger partial charge in [-0.25, -0.2) is 4.79 Å². The van der Waals surface area contributed by atoms with Gasteiger partial charge in [0.2, 0.25) is 0 Å². The summed E-state index contributed by atoms with van der Waals surface area (Å²) in [7, 11) is -4.07. The second kappa shape index (κ2) is 12.0. The lowest BCUT2D eigenvalue weighted by molar-refractivity contribution is 0.0696. The minimum absolute atomic E-state index is 0.00407. The summed E-state index contributed by atoms with van der Waals surface area (Å²) in [5.41, 5.74) is 9.95. The second-order valence-electron chi connectivity index (χ2n) is 8.82. The number of hydrogen-bond acceptors (Lipinski definition) is 3. The van der Waals surface area contributed by atoms with Crippen molar-refractivity contribution in [1.82, 2.24) is 0 Å². The maximum absolute atomic E-state index is 10.9. The summed E-state index contributed by atoms with van der Waals surface area (Å²) in [5, 5.41) is 8.78. The van der Waals surface area contributed by atoms with Crippen LogP contribution in [0.5, 0.6) is 0 Å². The summed E-state index contributed by atoms with van der Waals surface area (Å²) in [6.45, 7) is 17.5. The van der Waals surface area contributed by atoms with Gasteiger partial charge in [-0.2, -0.15) is 8.42 Å². The summed E-state index contributed by atoms with van der Waals surface area (Å²) >= 11 is 0. The molecule has 2 N–H and O–H groups in total. The highest BCUT2D eigenvalue weighted by Gasteiger charge is 2.13. The van der Waals surface area contributed by atoms with E-state index in [1.54, 1.807) is 19.1 Å². The first-order valence-electron chi connectivity index (χ1n) is 10.9. The number of carboxylic acid groups (broad SMARTS) is 1. The van der Waals surface area contributed by atoms with E-state index in [0.29, 0.717) is 11.1 Å². The van der Waals surface area contributed by atoms with Gasteiger partial charge in [-0.15, -0.1) is 0 Å². The molecule has 0 fully saturated rings. The summed E-state index contributed by atoms with van der Waals surface area (Å²) in [6.07, 6.45) is 0. The van der Waals surface area contributed by atoms with Crippen LogP contribution in [0.25, 0.3) is 0 Å². The lowest BCUT2D eigenvalue weighted by Crippen LogP contribution is -2.02. The number of carbonyl (C=O) groups is 1. The Kier molecular flexibility index (Phi) is 10.2. The van der Waals surface area contributed by atoms with Crippen LogP contribution in [0.2, 0.25) is 0 Å². The van der Waals surface area contributed by atoms with Crippen LogP contribution in [0, 0.1) is 62.3 Å². The highest BCUT2D eigenvalue weighted by Crippen LogP contribution is 2.19. The predicted octanol–water partition coefficient (Wildman–Crippen LogP) is 6.78. The SMILES string of the molecule is Cc1cc(C)c(C(=O)O)cc1C.Cc1cc(C)c(S(=O)(=O)O)cc1C.Cc1ccc(C)c(C)c1. The van der Waals surface area contributed by atoms with Crippen molar-refractivity contribution in [2.45, 2.75) is 67.2 Å². The van der Waals surface area contributed by atoms with Gasteiger partial charge in [0.1, 0.15) is 0 Å². The highest BCUT2D eigenvalue weighted by molar-refractivity contribution is 7.85. The molecule has 34 heavy (non-hydrogen) atoms. The second-order valence-corrected chi connectivity index (χ2v) is 10.2. The summed E-state index contributed by atoms with van der Waals surface area (Å²) in [6, 6.07) is 13.4. The Morgan fingerprint density at radius 1 is 0.588 bits per heavy atom. The van der Waals surface area contributed by atoms with Crippen molar-refractivity contribution in [2.75, 3.05) is 0 Å². The Labute approximate surface area is 204 Å². The van der Waals surface area contributed by atoms with E-state index >= 15 is 0 Å². The molecule has 0 aliphatic carbocycles. The van der Waals surface area contributed by atoms with E-state index in [1.807, 2.05) is 40.7 Å². The molecule has 0 aromatic heterocycles. The van der Waals surface area contributed by atoms with Gasteiger partial charge in [0, 0.05) is 0 Å². The molecular weight excluding hydrogens is 448 g/mol. The third kappa shape index (κ3) is 8.43. The van der Waals surface area contributed by atoms with Crippen LogP contribution in [-0.2, 0) is 10.1 Å². The first-order valence-corrected chi connectivity index (χ1v) is 12.4. The number of aryl methyl sites for hydroxylation is 9. The molecule has 0 amide bonds. The third-order valence-corrected chi connectivity index (χ3v) is 6.80. The normalized spacial score (nSPS) is 10.5. The van der Waals surface area contributed by atoms with Crippen LogP contribution in [0.4, 0.5) is 0 Å². The minimum atomic E-state index is -4.07. The van der Waals surface area contributed by atoms with Crippen LogP contribution in [-0.4, -0.2) is 24.0 Å². The first kappa shape index (κ1) is 29.1. The van der Waals surface area contributed by atoms with Crippen LogP contribution < -0.4 is 0 Å². The van der Waals surface area contributed by atoms with Gasteiger partial charge in [-0.1, -0.05) is 35.9 Å². The molecular formula is C28H36O5S. The largest absolute Gasteiger partial charge is 0.478 e. The molecule has 3 aromatic rings. The molecule has 0 bridgehead atoms. The fourth-order valence-electron chi connectivity index (χ4n) is 3.29. The van der Waals surface area contributed by atoms with Crippen LogP contribution in [0.15, 0.2) is 47.4 Å². The molecule has 0 saturated carbocycles. The number of rotatable bonds is 2. The van der Waals surface area contributed by atoms with Crippen molar-refractivity contribution in [3.8, 4) is 0 Å². The zero-order valence-corrected chi connectivity index (χ0v) is 22.4. The van der Waals surface area contributed by atoms with Gasteiger partial charge in [0.25, 0.3) is 10.1 Å². The number of aromatic carboxylic acids is 1. The van der Waals surface area contributed by atoms with Crippen molar-refractivity contribution in [2.24, 2.45) is 0 Å². The Bertz CT molecular complexity index is 1290. The molecule has 0 aliphatic heterocycles. The quantitative estimate of drug-likeness (QED) is 0.391. The molecule has 3 aromatic carbocycles. The molecule has 0 saturated heterocycles. The lowest BCUT2D eigenvalue weighted by atomic mass is 10.0. The fourth-order valence-corrected chi connectivity index (χ4v) is 4.09. The highest BCUT2D eigenvalue weighted by atomic mass is 32.2. The third-order valence-electron chi connectivity index (χ3n) is 5.80. The summed E-state index contributed by atoms with van der Waals surface area (Å²) in [5.74, 6) is -0.851.